The summed E-state index contributed by atoms with van der Waals surface area (Å²) in [6.45, 7) is 1.04. The van der Waals surface area contributed by atoms with Gasteiger partial charge in [-0.3, -0.25) is 9.59 Å². The average Bonchev–Trinajstić information content (AvgIpc) is 2.85. The van der Waals surface area contributed by atoms with Crippen molar-refractivity contribution in [3.05, 3.63) is 59.8 Å². The van der Waals surface area contributed by atoms with Gasteiger partial charge < -0.3 is 15.4 Å². The van der Waals surface area contributed by atoms with Crippen molar-refractivity contribution in [2.45, 2.75) is 31.9 Å². The first-order valence-corrected chi connectivity index (χ1v) is 8.44. The number of nitrogens with one attached hydrogen (secondary N) is 2. The Morgan fingerprint density at radius 2 is 2.08 bits per heavy atom. The molecule has 1 aliphatic rings. The van der Waals surface area contributed by atoms with Crippen LogP contribution in [-0.4, -0.2) is 29.4 Å². The standard InChI is InChI=1S/C19H21N3O3/c23-18(22-16-8-4-5-10-21-19(16)24)15-9-11-20-17(12-15)25-13-14-6-2-1-3-7-14/h1-3,6-7,9,11-12,16H,4-5,8,10,13H2,(H,21,24)(H,22,23). The second-order valence-corrected chi connectivity index (χ2v) is 5.97. The molecule has 0 saturated carbocycles. The molecule has 25 heavy (non-hydrogen) atoms. The number of carbonyl (C=O) groups is 2. The molecule has 1 aliphatic heterocycles. The lowest BCUT2D eigenvalue weighted by Gasteiger charge is -2.15. The van der Waals surface area contributed by atoms with Gasteiger partial charge in [0.1, 0.15) is 12.6 Å². The van der Waals surface area contributed by atoms with E-state index in [9.17, 15) is 9.59 Å². The molecule has 2 N–H and O–H groups in total. The van der Waals surface area contributed by atoms with E-state index in [1.165, 1.54) is 6.20 Å². The van der Waals surface area contributed by atoms with Crippen molar-refractivity contribution in [2.75, 3.05) is 6.54 Å². The first kappa shape index (κ1) is 17.0. The van der Waals surface area contributed by atoms with E-state index in [1.807, 2.05) is 30.3 Å². The lowest BCUT2D eigenvalue weighted by Crippen LogP contribution is -2.45. The first-order chi connectivity index (χ1) is 12.2. The summed E-state index contributed by atoms with van der Waals surface area (Å²) < 4.78 is 5.64. The largest absolute Gasteiger partial charge is 0.473 e. The molecule has 1 fully saturated rings. The summed E-state index contributed by atoms with van der Waals surface area (Å²) in [4.78, 5) is 28.5. The molecule has 2 heterocycles. The fourth-order valence-corrected chi connectivity index (χ4v) is 2.68. The van der Waals surface area contributed by atoms with Gasteiger partial charge in [-0.05, 0) is 30.9 Å². The second kappa shape index (κ2) is 8.28. The Labute approximate surface area is 146 Å². The van der Waals surface area contributed by atoms with E-state index < -0.39 is 6.04 Å². The summed E-state index contributed by atoms with van der Waals surface area (Å²) in [6, 6.07) is 12.4. The Balaban J connectivity index is 1.62. The Morgan fingerprint density at radius 3 is 2.92 bits per heavy atom. The lowest BCUT2D eigenvalue weighted by atomic mass is 10.1. The van der Waals surface area contributed by atoms with E-state index in [1.54, 1.807) is 12.1 Å². The fraction of sp³-hybridized carbons (Fsp3) is 0.316. The summed E-state index contributed by atoms with van der Waals surface area (Å²) >= 11 is 0. The van der Waals surface area contributed by atoms with Crippen LogP contribution < -0.4 is 15.4 Å². The quantitative estimate of drug-likeness (QED) is 0.874. The van der Waals surface area contributed by atoms with Crippen LogP contribution in [0.4, 0.5) is 0 Å². The molecule has 6 heteroatoms. The van der Waals surface area contributed by atoms with Crippen molar-refractivity contribution in [1.29, 1.82) is 0 Å². The maximum absolute atomic E-state index is 12.4. The number of nitrogens with zero attached hydrogens (tertiary/aromatic N) is 1. The predicted octanol–water partition coefficient (Wildman–Crippen LogP) is 2.06. The topological polar surface area (TPSA) is 80.3 Å². The van der Waals surface area contributed by atoms with Crippen LogP contribution in [0.3, 0.4) is 0 Å². The molecular weight excluding hydrogens is 318 g/mol. The molecule has 0 radical (unpaired) electrons. The van der Waals surface area contributed by atoms with Crippen LogP contribution >= 0.6 is 0 Å². The minimum Gasteiger partial charge on any atom is -0.473 e. The summed E-state index contributed by atoms with van der Waals surface area (Å²) in [5.41, 5.74) is 1.45. The van der Waals surface area contributed by atoms with Crippen molar-refractivity contribution >= 4 is 11.8 Å². The van der Waals surface area contributed by atoms with E-state index in [0.717, 1.165) is 18.4 Å². The van der Waals surface area contributed by atoms with E-state index in [0.29, 0.717) is 31.0 Å². The van der Waals surface area contributed by atoms with Crippen LogP contribution in [0.2, 0.25) is 0 Å². The second-order valence-electron chi connectivity index (χ2n) is 5.97. The molecule has 1 unspecified atom stereocenters. The molecule has 3 rings (SSSR count). The zero-order valence-electron chi connectivity index (χ0n) is 13.9. The van der Waals surface area contributed by atoms with Gasteiger partial charge in [0.2, 0.25) is 11.8 Å². The maximum Gasteiger partial charge on any atom is 0.252 e. The third kappa shape index (κ3) is 4.79. The molecule has 1 aromatic carbocycles. The van der Waals surface area contributed by atoms with Gasteiger partial charge in [0, 0.05) is 24.4 Å². The highest BCUT2D eigenvalue weighted by atomic mass is 16.5. The van der Waals surface area contributed by atoms with Gasteiger partial charge in [0.15, 0.2) is 0 Å². The van der Waals surface area contributed by atoms with Crippen molar-refractivity contribution in [2.24, 2.45) is 0 Å². The van der Waals surface area contributed by atoms with Gasteiger partial charge in [-0.2, -0.15) is 0 Å². The number of hydrogen-bond donors (Lipinski definition) is 2. The van der Waals surface area contributed by atoms with E-state index in [2.05, 4.69) is 15.6 Å². The van der Waals surface area contributed by atoms with Crippen molar-refractivity contribution in [1.82, 2.24) is 15.6 Å². The molecule has 2 aromatic rings. The molecule has 0 aliphatic carbocycles. The van der Waals surface area contributed by atoms with E-state index in [4.69, 9.17) is 4.74 Å². The molecule has 0 bridgehead atoms. The summed E-state index contributed by atoms with van der Waals surface area (Å²) in [5, 5.41) is 5.60. The average molecular weight is 339 g/mol. The van der Waals surface area contributed by atoms with Crippen LogP contribution in [0.25, 0.3) is 0 Å². The van der Waals surface area contributed by atoms with Crippen LogP contribution in [-0.2, 0) is 11.4 Å². The normalized spacial score (nSPS) is 17.3. The Kier molecular flexibility index (Phi) is 5.61. The number of benzene rings is 1. The highest BCUT2D eigenvalue weighted by molar-refractivity contribution is 5.97. The molecule has 6 nitrogen and oxygen atoms in total. The van der Waals surface area contributed by atoms with Gasteiger partial charge in [0.05, 0.1) is 0 Å². The van der Waals surface area contributed by atoms with Gasteiger partial charge in [0.25, 0.3) is 5.91 Å². The van der Waals surface area contributed by atoms with Crippen LogP contribution in [0, 0.1) is 0 Å². The van der Waals surface area contributed by atoms with Crippen molar-refractivity contribution < 1.29 is 14.3 Å². The number of aromatic nitrogens is 1. The minimum atomic E-state index is -0.489. The van der Waals surface area contributed by atoms with Crippen molar-refractivity contribution in [3.8, 4) is 5.88 Å². The van der Waals surface area contributed by atoms with Crippen LogP contribution in [0.5, 0.6) is 5.88 Å². The van der Waals surface area contributed by atoms with Crippen LogP contribution in [0.1, 0.15) is 35.2 Å². The van der Waals surface area contributed by atoms with Crippen molar-refractivity contribution in [3.63, 3.8) is 0 Å². The van der Waals surface area contributed by atoms with E-state index in [-0.39, 0.29) is 11.8 Å². The number of hydrogen-bond acceptors (Lipinski definition) is 4. The fourth-order valence-electron chi connectivity index (χ4n) is 2.68. The minimum absolute atomic E-state index is 0.125. The molecule has 130 valence electrons. The predicted molar refractivity (Wildman–Crippen MR) is 93.1 cm³/mol. The molecule has 1 atom stereocenters. The smallest absolute Gasteiger partial charge is 0.252 e. The molecule has 2 amide bonds. The summed E-state index contributed by atoms with van der Waals surface area (Å²) in [5.74, 6) is -0.0451. The molecule has 0 spiro atoms. The molecule has 1 aromatic heterocycles. The van der Waals surface area contributed by atoms with Gasteiger partial charge in [-0.1, -0.05) is 30.3 Å². The highest BCUT2D eigenvalue weighted by Crippen LogP contribution is 2.13. The summed E-state index contributed by atoms with van der Waals surface area (Å²) in [7, 11) is 0. The number of ether oxygens (including phenoxy) is 1. The Morgan fingerprint density at radius 1 is 1.24 bits per heavy atom. The van der Waals surface area contributed by atoms with Gasteiger partial charge in [-0.15, -0.1) is 0 Å². The number of carbonyl (C=O) groups excluding carboxylic acids is 2. The van der Waals surface area contributed by atoms with E-state index >= 15 is 0 Å². The number of amides is 2. The Hall–Kier alpha value is -2.89. The highest BCUT2D eigenvalue weighted by Gasteiger charge is 2.23. The first-order valence-electron chi connectivity index (χ1n) is 8.44. The monoisotopic (exact) mass is 339 g/mol. The zero-order valence-corrected chi connectivity index (χ0v) is 13.9. The number of rotatable bonds is 5. The Bertz CT molecular complexity index is 734. The molecular formula is C19H21N3O3. The lowest BCUT2D eigenvalue weighted by molar-refractivity contribution is -0.122. The van der Waals surface area contributed by atoms with Gasteiger partial charge >= 0.3 is 0 Å². The van der Waals surface area contributed by atoms with Gasteiger partial charge in [-0.25, -0.2) is 4.98 Å². The SMILES string of the molecule is O=C(NC1CCCCNC1=O)c1ccnc(OCc2ccccc2)c1. The zero-order chi connectivity index (χ0) is 17.5. The number of pyridine rings is 1. The summed E-state index contributed by atoms with van der Waals surface area (Å²) in [6.07, 6.45) is 4.03. The molecule has 1 saturated heterocycles. The van der Waals surface area contributed by atoms with Crippen LogP contribution in [0.15, 0.2) is 48.7 Å². The third-order valence-electron chi connectivity index (χ3n) is 4.07. The maximum atomic E-state index is 12.4. The third-order valence-corrected chi connectivity index (χ3v) is 4.07.